The molecule has 1 aromatic carbocycles. The van der Waals surface area contributed by atoms with Gasteiger partial charge in [0.2, 0.25) is 5.95 Å². The molecule has 0 saturated heterocycles. The van der Waals surface area contributed by atoms with E-state index in [1.807, 2.05) is 13.8 Å². The van der Waals surface area contributed by atoms with Crippen molar-refractivity contribution < 1.29 is 17.9 Å². The summed E-state index contributed by atoms with van der Waals surface area (Å²) >= 11 is 0. The number of nitrogens with one attached hydrogen (secondary N) is 2. The van der Waals surface area contributed by atoms with E-state index in [-0.39, 0.29) is 17.8 Å². The van der Waals surface area contributed by atoms with Crippen molar-refractivity contribution in [2.24, 2.45) is 0 Å². The van der Waals surface area contributed by atoms with Gasteiger partial charge in [-0.25, -0.2) is 4.98 Å². The van der Waals surface area contributed by atoms with Gasteiger partial charge >= 0.3 is 6.18 Å². The van der Waals surface area contributed by atoms with Crippen molar-refractivity contribution in [1.29, 1.82) is 0 Å². The Labute approximate surface area is 138 Å². The predicted molar refractivity (Wildman–Crippen MR) is 86.7 cm³/mol. The number of nitrogens with zero attached hydrogens (tertiary/aromatic N) is 2. The van der Waals surface area contributed by atoms with Crippen molar-refractivity contribution in [1.82, 2.24) is 9.97 Å². The topological polar surface area (TPSA) is 59.1 Å². The number of ether oxygens (including phenoxy) is 1. The first-order valence-electron chi connectivity index (χ1n) is 7.46. The number of benzene rings is 1. The van der Waals surface area contributed by atoms with E-state index in [1.54, 1.807) is 24.3 Å². The fourth-order valence-corrected chi connectivity index (χ4v) is 1.93. The molecule has 0 aliphatic heterocycles. The lowest BCUT2D eigenvalue weighted by Gasteiger charge is -2.16. The van der Waals surface area contributed by atoms with Crippen LogP contribution >= 0.6 is 0 Å². The van der Waals surface area contributed by atoms with E-state index < -0.39 is 11.9 Å². The second kappa shape index (κ2) is 7.37. The zero-order valence-corrected chi connectivity index (χ0v) is 13.6. The van der Waals surface area contributed by atoms with Gasteiger partial charge in [-0.1, -0.05) is 19.1 Å². The summed E-state index contributed by atoms with van der Waals surface area (Å²) < 4.78 is 44.4. The van der Waals surface area contributed by atoms with Gasteiger partial charge in [-0.3, -0.25) is 0 Å². The first-order chi connectivity index (χ1) is 11.3. The molecule has 0 radical (unpaired) electrons. The summed E-state index contributed by atoms with van der Waals surface area (Å²) in [5, 5.41) is 5.72. The van der Waals surface area contributed by atoms with E-state index in [9.17, 15) is 13.2 Å². The number of rotatable bonds is 6. The fourth-order valence-electron chi connectivity index (χ4n) is 1.93. The van der Waals surface area contributed by atoms with E-state index in [0.717, 1.165) is 12.5 Å². The molecule has 5 nitrogen and oxygen atoms in total. The van der Waals surface area contributed by atoms with Gasteiger partial charge in [0, 0.05) is 12.1 Å². The number of hydrogen-bond donors (Lipinski definition) is 2. The van der Waals surface area contributed by atoms with Gasteiger partial charge in [0.1, 0.15) is 11.6 Å². The fraction of sp³-hybridized carbons (Fsp3) is 0.375. The second-order valence-electron chi connectivity index (χ2n) is 5.24. The molecule has 1 aromatic heterocycles. The van der Waals surface area contributed by atoms with Crippen molar-refractivity contribution in [3.05, 3.63) is 36.0 Å². The van der Waals surface area contributed by atoms with Crippen molar-refractivity contribution >= 4 is 17.5 Å². The summed E-state index contributed by atoms with van der Waals surface area (Å²) in [4.78, 5) is 7.67. The maximum absolute atomic E-state index is 13.1. The van der Waals surface area contributed by atoms with Crippen LogP contribution in [0.2, 0.25) is 0 Å². The highest BCUT2D eigenvalue weighted by atomic mass is 19.4. The van der Waals surface area contributed by atoms with E-state index in [1.165, 1.54) is 7.11 Å². The minimum atomic E-state index is -4.56. The number of anilines is 3. The van der Waals surface area contributed by atoms with Gasteiger partial charge < -0.3 is 15.4 Å². The van der Waals surface area contributed by atoms with Crippen LogP contribution in [0.5, 0.6) is 5.75 Å². The quantitative estimate of drug-likeness (QED) is 0.813. The van der Waals surface area contributed by atoms with Gasteiger partial charge in [0.15, 0.2) is 5.69 Å². The van der Waals surface area contributed by atoms with Crippen LogP contribution in [0.25, 0.3) is 0 Å². The monoisotopic (exact) mass is 340 g/mol. The minimum Gasteiger partial charge on any atom is -0.495 e. The van der Waals surface area contributed by atoms with Crippen LogP contribution in [0.3, 0.4) is 0 Å². The first kappa shape index (κ1) is 17.8. The number of methoxy groups -OCH3 is 1. The molecule has 24 heavy (non-hydrogen) atoms. The van der Waals surface area contributed by atoms with Gasteiger partial charge in [0.25, 0.3) is 0 Å². The smallest absolute Gasteiger partial charge is 0.433 e. The molecule has 2 N–H and O–H groups in total. The zero-order valence-electron chi connectivity index (χ0n) is 13.6. The molecule has 0 amide bonds. The molecule has 0 saturated carbocycles. The van der Waals surface area contributed by atoms with Crippen LogP contribution < -0.4 is 15.4 Å². The SMILES string of the molecule is CC[C@@H](C)Nc1nc(Nc2ccccc2OC)cc(C(F)(F)F)n1. The Hall–Kier alpha value is -2.51. The number of halogens is 3. The van der Waals surface area contributed by atoms with Gasteiger partial charge in [-0.2, -0.15) is 18.2 Å². The maximum Gasteiger partial charge on any atom is 0.433 e. The zero-order chi connectivity index (χ0) is 17.7. The summed E-state index contributed by atoms with van der Waals surface area (Å²) in [5.41, 5.74) is -0.498. The molecule has 2 aromatic rings. The lowest BCUT2D eigenvalue weighted by atomic mass is 10.2. The average Bonchev–Trinajstić information content (AvgIpc) is 2.54. The molecule has 0 bridgehead atoms. The summed E-state index contributed by atoms with van der Waals surface area (Å²) in [7, 11) is 1.48. The lowest BCUT2D eigenvalue weighted by molar-refractivity contribution is -0.141. The Morgan fingerprint density at radius 2 is 1.92 bits per heavy atom. The Kier molecular flexibility index (Phi) is 5.48. The molecule has 1 heterocycles. The highest BCUT2D eigenvalue weighted by Crippen LogP contribution is 2.32. The third kappa shape index (κ3) is 4.50. The third-order valence-corrected chi connectivity index (χ3v) is 3.37. The van der Waals surface area contributed by atoms with Crippen LogP contribution in [-0.2, 0) is 6.18 Å². The van der Waals surface area contributed by atoms with Gasteiger partial charge in [0.05, 0.1) is 12.8 Å². The molecule has 0 fully saturated rings. The molecular weight excluding hydrogens is 321 g/mol. The van der Waals surface area contributed by atoms with Crippen LogP contribution in [0, 0.1) is 0 Å². The van der Waals surface area contributed by atoms with Crippen molar-refractivity contribution in [3.8, 4) is 5.75 Å². The number of aromatic nitrogens is 2. The number of hydrogen-bond acceptors (Lipinski definition) is 5. The normalized spacial score (nSPS) is 12.6. The van der Waals surface area contributed by atoms with Gasteiger partial charge in [-0.05, 0) is 25.5 Å². The Morgan fingerprint density at radius 1 is 1.21 bits per heavy atom. The van der Waals surface area contributed by atoms with Crippen molar-refractivity contribution in [3.63, 3.8) is 0 Å². The standard InChI is InChI=1S/C16H19F3N4O/c1-4-10(2)20-15-22-13(16(17,18)19)9-14(23-15)21-11-7-5-6-8-12(11)24-3/h5-10H,4H2,1-3H3,(H2,20,21,22,23)/t10-/m1/s1. The second-order valence-corrected chi connectivity index (χ2v) is 5.24. The van der Waals surface area contributed by atoms with Gasteiger partial charge in [-0.15, -0.1) is 0 Å². The van der Waals surface area contributed by atoms with Crippen LogP contribution in [0.1, 0.15) is 26.0 Å². The molecule has 130 valence electrons. The Bertz CT molecular complexity index is 691. The van der Waals surface area contributed by atoms with E-state index in [2.05, 4.69) is 20.6 Å². The molecular formula is C16H19F3N4O. The number of alkyl halides is 3. The summed E-state index contributed by atoms with van der Waals surface area (Å²) in [6, 6.07) is 7.72. The molecule has 0 unspecified atom stereocenters. The first-order valence-corrected chi connectivity index (χ1v) is 7.46. The summed E-state index contributed by atoms with van der Waals surface area (Å²) in [6.45, 7) is 3.76. The minimum absolute atomic E-state index is 0.0348. The highest BCUT2D eigenvalue weighted by Gasteiger charge is 2.34. The molecule has 8 heteroatoms. The molecule has 0 aliphatic carbocycles. The summed E-state index contributed by atoms with van der Waals surface area (Å²) in [5.74, 6) is 0.463. The highest BCUT2D eigenvalue weighted by molar-refractivity contribution is 5.64. The summed E-state index contributed by atoms with van der Waals surface area (Å²) in [6.07, 6.45) is -3.83. The van der Waals surface area contributed by atoms with E-state index in [4.69, 9.17) is 4.74 Å². The molecule has 0 aliphatic rings. The third-order valence-electron chi connectivity index (χ3n) is 3.37. The number of para-hydroxylation sites is 2. The van der Waals surface area contributed by atoms with Crippen LogP contribution in [0.15, 0.2) is 30.3 Å². The van der Waals surface area contributed by atoms with Crippen molar-refractivity contribution in [2.45, 2.75) is 32.5 Å². The molecule has 1 atom stereocenters. The van der Waals surface area contributed by atoms with E-state index in [0.29, 0.717) is 11.4 Å². The maximum atomic E-state index is 13.1. The molecule has 0 spiro atoms. The molecule has 2 rings (SSSR count). The largest absolute Gasteiger partial charge is 0.495 e. The van der Waals surface area contributed by atoms with Crippen LogP contribution in [-0.4, -0.2) is 23.1 Å². The predicted octanol–water partition coefficient (Wildman–Crippen LogP) is 4.46. The van der Waals surface area contributed by atoms with Crippen LogP contribution in [0.4, 0.5) is 30.6 Å². The Morgan fingerprint density at radius 3 is 2.54 bits per heavy atom. The Balaban J connectivity index is 2.39. The van der Waals surface area contributed by atoms with Crippen molar-refractivity contribution in [2.75, 3.05) is 17.7 Å². The lowest BCUT2D eigenvalue weighted by Crippen LogP contribution is -2.18. The van der Waals surface area contributed by atoms with E-state index >= 15 is 0 Å². The average molecular weight is 340 g/mol.